The topological polar surface area (TPSA) is 83.6 Å². The van der Waals surface area contributed by atoms with Gasteiger partial charge in [-0.05, 0) is 19.1 Å². The summed E-state index contributed by atoms with van der Waals surface area (Å²) < 4.78 is 4.96. The first kappa shape index (κ1) is 13.3. The molecule has 0 fully saturated rings. The Bertz CT molecular complexity index is 617. The molecule has 0 radical (unpaired) electrons. The van der Waals surface area contributed by atoms with Crippen molar-refractivity contribution in [3.05, 3.63) is 39.7 Å². The Kier molecular flexibility index (Phi) is 3.66. The molecule has 6 nitrogen and oxygen atoms in total. The molecule has 2 rings (SSSR count). The number of aromatic nitrogens is 1. The second kappa shape index (κ2) is 5.23. The highest BCUT2D eigenvalue weighted by Gasteiger charge is 2.19. The molecular formula is C12H12N2O4S. The van der Waals surface area contributed by atoms with Crippen molar-refractivity contribution >= 4 is 23.2 Å². The van der Waals surface area contributed by atoms with E-state index in [9.17, 15) is 9.59 Å². The Morgan fingerprint density at radius 1 is 1.42 bits per heavy atom. The number of aromatic carboxylic acids is 1. The van der Waals surface area contributed by atoms with Crippen LogP contribution in [-0.2, 0) is 6.54 Å². The number of nitrogens with zero attached hydrogens (tertiary/aromatic N) is 2. The first-order chi connectivity index (χ1) is 8.97. The van der Waals surface area contributed by atoms with Gasteiger partial charge in [-0.1, -0.05) is 0 Å². The second-order valence-corrected chi connectivity index (χ2v) is 5.05. The van der Waals surface area contributed by atoms with Crippen molar-refractivity contribution in [2.45, 2.75) is 13.5 Å². The van der Waals surface area contributed by atoms with Gasteiger partial charge in [0.15, 0.2) is 5.76 Å². The summed E-state index contributed by atoms with van der Waals surface area (Å²) in [6.45, 7) is 2.24. The van der Waals surface area contributed by atoms with Gasteiger partial charge in [0, 0.05) is 12.4 Å². The average Bonchev–Trinajstić information content (AvgIpc) is 2.97. The molecule has 0 spiro atoms. The van der Waals surface area contributed by atoms with Gasteiger partial charge in [-0.3, -0.25) is 4.79 Å². The van der Waals surface area contributed by atoms with Gasteiger partial charge >= 0.3 is 5.97 Å². The number of furan rings is 1. The molecule has 0 atom stereocenters. The van der Waals surface area contributed by atoms with Gasteiger partial charge in [-0.25, -0.2) is 9.78 Å². The van der Waals surface area contributed by atoms with Crippen LogP contribution in [0.3, 0.4) is 0 Å². The number of carbonyl (C=O) groups is 2. The molecule has 19 heavy (non-hydrogen) atoms. The Labute approximate surface area is 113 Å². The van der Waals surface area contributed by atoms with Crippen molar-refractivity contribution in [3.8, 4) is 0 Å². The highest BCUT2D eigenvalue weighted by Crippen LogP contribution is 2.14. The van der Waals surface area contributed by atoms with Crippen molar-refractivity contribution in [2.75, 3.05) is 7.05 Å². The van der Waals surface area contributed by atoms with E-state index in [1.165, 1.54) is 28.4 Å². The highest BCUT2D eigenvalue weighted by atomic mass is 32.1. The van der Waals surface area contributed by atoms with Crippen molar-refractivity contribution in [1.82, 2.24) is 9.88 Å². The summed E-state index contributed by atoms with van der Waals surface area (Å²) in [5.74, 6) is -1.82. The number of carbonyl (C=O) groups excluding carboxylic acids is 1. The van der Waals surface area contributed by atoms with Gasteiger partial charge in [0.05, 0.1) is 17.2 Å². The molecule has 0 bridgehead atoms. The minimum atomic E-state index is -1.20. The predicted molar refractivity (Wildman–Crippen MR) is 68.3 cm³/mol. The smallest absolute Gasteiger partial charge is 0.371 e. The molecule has 2 aromatic rings. The molecule has 0 unspecified atom stereocenters. The van der Waals surface area contributed by atoms with Gasteiger partial charge in [-0.15, -0.1) is 11.3 Å². The van der Waals surface area contributed by atoms with E-state index in [2.05, 4.69) is 4.98 Å². The average molecular weight is 280 g/mol. The maximum absolute atomic E-state index is 12.0. The lowest BCUT2D eigenvalue weighted by Gasteiger charge is -2.13. The van der Waals surface area contributed by atoms with Crippen LogP contribution >= 0.6 is 11.3 Å². The van der Waals surface area contributed by atoms with E-state index in [-0.39, 0.29) is 17.4 Å². The first-order valence-electron chi connectivity index (χ1n) is 5.47. The molecule has 0 aliphatic heterocycles. The largest absolute Gasteiger partial charge is 0.475 e. The Hall–Kier alpha value is -2.15. The molecule has 1 amide bonds. The van der Waals surface area contributed by atoms with E-state index >= 15 is 0 Å². The van der Waals surface area contributed by atoms with Crippen molar-refractivity contribution in [1.29, 1.82) is 0 Å². The molecule has 2 heterocycles. The summed E-state index contributed by atoms with van der Waals surface area (Å²) >= 11 is 1.51. The Morgan fingerprint density at radius 3 is 2.63 bits per heavy atom. The molecule has 0 aliphatic carbocycles. The van der Waals surface area contributed by atoms with E-state index in [4.69, 9.17) is 9.52 Å². The Balaban J connectivity index is 2.07. The normalized spacial score (nSPS) is 10.4. The molecule has 100 valence electrons. The van der Waals surface area contributed by atoms with Crippen LogP contribution in [0.15, 0.2) is 21.9 Å². The number of thiazole rings is 1. The number of carboxylic acid groups (broad SMARTS) is 1. The Morgan fingerprint density at radius 2 is 2.11 bits per heavy atom. The van der Waals surface area contributed by atoms with Gasteiger partial charge in [-0.2, -0.15) is 0 Å². The standard InChI is InChI=1S/C12H12N2O4S/c1-7-13-8(6-19-7)5-14(2)11(15)9-3-4-10(18-9)12(16)17/h3-4,6H,5H2,1-2H3,(H,16,17). The summed E-state index contributed by atoms with van der Waals surface area (Å²) in [4.78, 5) is 28.4. The van der Waals surface area contributed by atoms with Crippen LogP contribution in [0.25, 0.3) is 0 Å². The van der Waals surface area contributed by atoms with Crippen molar-refractivity contribution < 1.29 is 19.1 Å². The molecule has 0 aliphatic rings. The molecule has 0 saturated carbocycles. The second-order valence-electron chi connectivity index (χ2n) is 3.99. The lowest BCUT2D eigenvalue weighted by molar-refractivity contribution is 0.0652. The maximum Gasteiger partial charge on any atom is 0.371 e. The summed E-state index contributed by atoms with van der Waals surface area (Å²) in [5, 5.41) is 11.5. The van der Waals surface area contributed by atoms with E-state index in [0.717, 1.165) is 10.7 Å². The fourth-order valence-electron chi connectivity index (χ4n) is 1.55. The summed E-state index contributed by atoms with van der Waals surface area (Å²) in [6, 6.07) is 2.62. The maximum atomic E-state index is 12.0. The quantitative estimate of drug-likeness (QED) is 0.926. The number of hydrogen-bond donors (Lipinski definition) is 1. The lowest BCUT2D eigenvalue weighted by Crippen LogP contribution is -2.26. The SMILES string of the molecule is Cc1nc(CN(C)C(=O)c2ccc(C(=O)O)o2)cs1. The van der Waals surface area contributed by atoms with E-state index in [1.54, 1.807) is 7.05 Å². The van der Waals surface area contributed by atoms with Gasteiger partial charge in [0.2, 0.25) is 5.76 Å². The van der Waals surface area contributed by atoms with Crippen LogP contribution in [0.2, 0.25) is 0 Å². The van der Waals surface area contributed by atoms with Crippen LogP contribution in [0.1, 0.15) is 31.8 Å². The number of aryl methyl sites for hydroxylation is 1. The third-order valence-corrected chi connectivity index (χ3v) is 3.26. The third kappa shape index (κ3) is 3.00. The zero-order valence-corrected chi connectivity index (χ0v) is 11.2. The van der Waals surface area contributed by atoms with Crippen LogP contribution < -0.4 is 0 Å². The molecule has 1 N–H and O–H groups in total. The van der Waals surface area contributed by atoms with Crippen molar-refractivity contribution in [3.63, 3.8) is 0 Å². The number of amides is 1. The fraction of sp³-hybridized carbons (Fsp3) is 0.250. The summed E-state index contributed by atoms with van der Waals surface area (Å²) in [5.41, 5.74) is 0.795. The van der Waals surface area contributed by atoms with Crippen LogP contribution in [-0.4, -0.2) is 33.9 Å². The zero-order chi connectivity index (χ0) is 14.0. The van der Waals surface area contributed by atoms with E-state index in [0.29, 0.717) is 6.54 Å². The molecule has 0 aromatic carbocycles. The number of rotatable bonds is 4. The minimum absolute atomic E-state index is 0.00634. The monoisotopic (exact) mass is 280 g/mol. The van der Waals surface area contributed by atoms with Gasteiger partial charge in [0.1, 0.15) is 0 Å². The number of hydrogen-bond acceptors (Lipinski definition) is 5. The van der Waals surface area contributed by atoms with Crippen LogP contribution in [0, 0.1) is 6.92 Å². The third-order valence-electron chi connectivity index (χ3n) is 2.44. The van der Waals surface area contributed by atoms with E-state index in [1.807, 2.05) is 12.3 Å². The summed E-state index contributed by atoms with van der Waals surface area (Å²) in [7, 11) is 1.61. The zero-order valence-electron chi connectivity index (χ0n) is 10.4. The lowest BCUT2D eigenvalue weighted by atomic mass is 10.3. The fourth-order valence-corrected chi connectivity index (χ4v) is 2.16. The number of carboxylic acids is 1. The van der Waals surface area contributed by atoms with Crippen LogP contribution in [0.5, 0.6) is 0 Å². The first-order valence-corrected chi connectivity index (χ1v) is 6.35. The minimum Gasteiger partial charge on any atom is -0.475 e. The molecule has 0 saturated heterocycles. The van der Waals surface area contributed by atoms with Crippen molar-refractivity contribution in [2.24, 2.45) is 0 Å². The molecule has 7 heteroatoms. The molecular weight excluding hydrogens is 268 g/mol. The van der Waals surface area contributed by atoms with E-state index < -0.39 is 5.97 Å². The van der Waals surface area contributed by atoms with Gasteiger partial charge < -0.3 is 14.4 Å². The molecule has 2 aromatic heterocycles. The van der Waals surface area contributed by atoms with Gasteiger partial charge in [0.25, 0.3) is 5.91 Å². The van der Waals surface area contributed by atoms with Crippen LogP contribution in [0.4, 0.5) is 0 Å². The highest BCUT2D eigenvalue weighted by molar-refractivity contribution is 7.09. The summed E-state index contributed by atoms with van der Waals surface area (Å²) in [6.07, 6.45) is 0. The predicted octanol–water partition coefficient (Wildman–Crippen LogP) is 2.01.